The lowest BCUT2D eigenvalue weighted by Crippen LogP contribution is -2.42. The third kappa shape index (κ3) is 3.20. The van der Waals surface area contributed by atoms with Crippen molar-refractivity contribution in [2.75, 3.05) is 6.54 Å². The van der Waals surface area contributed by atoms with Crippen LogP contribution in [0.5, 0.6) is 0 Å². The second kappa shape index (κ2) is 5.89. The Hall–Kier alpha value is -0.730. The zero-order valence-corrected chi connectivity index (χ0v) is 9.04. The molecule has 0 aliphatic carbocycles. The lowest BCUT2D eigenvalue weighted by Gasteiger charge is -2.33. The molecule has 0 bridgehead atoms. The topological polar surface area (TPSA) is 40.5 Å². The molecule has 3 nitrogen and oxygen atoms in total. The molecule has 0 radical (unpaired) electrons. The highest BCUT2D eigenvalue weighted by molar-refractivity contribution is 5.65. The fourth-order valence-corrected chi connectivity index (χ4v) is 2.18. The maximum absolute atomic E-state index is 10.9. The van der Waals surface area contributed by atoms with Crippen LogP contribution in [0.2, 0.25) is 0 Å². The molecule has 1 rings (SSSR count). The molecule has 1 amide bonds. The van der Waals surface area contributed by atoms with Gasteiger partial charge in [-0.3, -0.25) is 0 Å². The first kappa shape index (κ1) is 11.3. The molecular weight excluding hydrogens is 178 g/mol. The molecule has 1 aliphatic heterocycles. The van der Waals surface area contributed by atoms with E-state index in [1.807, 2.05) is 0 Å². The molecule has 0 spiro atoms. The van der Waals surface area contributed by atoms with E-state index in [1.54, 1.807) is 4.90 Å². The molecule has 0 aromatic heterocycles. The van der Waals surface area contributed by atoms with Crippen molar-refractivity contribution in [2.24, 2.45) is 0 Å². The van der Waals surface area contributed by atoms with Gasteiger partial charge in [0.15, 0.2) is 0 Å². The Balaban J connectivity index is 2.34. The lowest BCUT2D eigenvalue weighted by atomic mass is 9.97. The number of amides is 1. The van der Waals surface area contributed by atoms with E-state index in [0.717, 1.165) is 25.8 Å². The van der Waals surface area contributed by atoms with E-state index in [2.05, 4.69) is 6.92 Å². The highest BCUT2D eigenvalue weighted by Gasteiger charge is 2.25. The van der Waals surface area contributed by atoms with Crippen molar-refractivity contribution >= 4 is 6.09 Å². The third-order valence-electron chi connectivity index (χ3n) is 3.01. The van der Waals surface area contributed by atoms with E-state index in [1.165, 1.54) is 25.7 Å². The second-order valence-electron chi connectivity index (χ2n) is 4.12. The molecule has 0 aromatic rings. The van der Waals surface area contributed by atoms with Crippen LogP contribution in [0.15, 0.2) is 0 Å². The SMILES string of the molecule is CCCCCC1CCCCN1C(=O)O. The quantitative estimate of drug-likeness (QED) is 0.707. The average molecular weight is 199 g/mol. The van der Waals surface area contributed by atoms with E-state index in [0.29, 0.717) is 6.04 Å². The van der Waals surface area contributed by atoms with Crippen LogP contribution in [-0.2, 0) is 0 Å². The molecule has 0 aromatic carbocycles. The van der Waals surface area contributed by atoms with Crippen LogP contribution < -0.4 is 0 Å². The maximum atomic E-state index is 10.9. The summed E-state index contributed by atoms with van der Waals surface area (Å²) >= 11 is 0. The standard InChI is InChI=1S/C11H21NO2/c1-2-3-4-7-10-8-5-6-9-12(10)11(13)14/h10H,2-9H2,1H3,(H,13,14). The summed E-state index contributed by atoms with van der Waals surface area (Å²) in [5.74, 6) is 0. The van der Waals surface area contributed by atoms with E-state index in [9.17, 15) is 4.79 Å². The van der Waals surface area contributed by atoms with Gasteiger partial charge in [-0.25, -0.2) is 4.79 Å². The number of hydrogen-bond acceptors (Lipinski definition) is 1. The van der Waals surface area contributed by atoms with E-state index >= 15 is 0 Å². The van der Waals surface area contributed by atoms with Crippen LogP contribution in [0.4, 0.5) is 4.79 Å². The second-order valence-corrected chi connectivity index (χ2v) is 4.12. The molecule has 0 saturated carbocycles. The van der Waals surface area contributed by atoms with Gasteiger partial charge in [-0.15, -0.1) is 0 Å². The lowest BCUT2D eigenvalue weighted by molar-refractivity contribution is 0.102. The minimum atomic E-state index is -0.730. The highest BCUT2D eigenvalue weighted by atomic mass is 16.4. The largest absolute Gasteiger partial charge is 0.465 e. The Bertz CT molecular complexity index is 182. The fourth-order valence-electron chi connectivity index (χ4n) is 2.18. The summed E-state index contributed by atoms with van der Waals surface area (Å²) in [7, 11) is 0. The minimum Gasteiger partial charge on any atom is -0.465 e. The molecular formula is C11H21NO2. The van der Waals surface area contributed by atoms with Crippen molar-refractivity contribution in [3.8, 4) is 0 Å². The number of rotatable bonds is 4. The minimum absolute atomic E-state index is 0.299. The molecule has 1 aliphatic rings. The van der Waals surface area contributed by atoms with Crippen LogP contribution in [-0.4, -0.2) is 28.7 Å². The number of nitrogens with zero attached hydrogens (tertiary/aromatic N) is 1. The van der Waals surface area contributed by atoms with Crippen LogP contribution >= 0.6 is 0 Å². The molecule has 1 heterocycles. The van der Waals surface area contributed by atoms with Gasteiger partial charge in [0.25, 0.3) is 0 Å². The summed E-state index contributed by atoms with van der Waals surface area (Å²) in [4.78, 5) is 12.6. The summed E-state index contributed by atoms with van der Waals surface area (Å²) < 4.78 is 0. The average Bonchev–Trinajstić information content (AvgIpc) is 2.19. The Morgan fingerprint density at radius 2 is 2.21 bits per heavy atom. The first-order valence-electron chi connectivity index (χ1n) is 5.75. The molecule has 14 heavy (non-hydrogen) atoms. The zero-order chi connectivity index (χ0) is 10.4. The Morgan fingerprint density at radius 3 is 2.86 bits per heavy atom. The zero-order valence-electron chi connectivity index (χ0n) is 9.04. The Kier molecular flexibility index (Phi) is 4.77. The molecule has 3 heteroatoms. The van der Waals surface area contributed by atoms with Crippen LogP contribution in [0.1, 0.15) is 51.9 Å². The van der Waals surface area contributed by atoms with Crippen LogP contribution in [0.3, 0.4) is 0 Å². The number of unbranched alkanes of at least 4 members (excludes halogenated alkanes) is 2. The smallest absolute Gasteiger partial charge is 0.407 e. The van der Waals surface area contributed by atoms with Gasteiger partial charge in [0.1, 0.15) is 0 Å². The van der Waals surface area contributed by atoms with Gasteiger partial charge >= 0.3 is 6.09 Å². The van der Waals surface area contributed by atoms with Crippen molar-refractivity contribution in [2.45, 2.75) is 57.9 Å². The molecule has 82 valence electrons. The predicted molar refractivity (Wildman–Crippen MR) is 56.5 cm³/mol. The van der Waals surface area contributed by atoms with Crippen molar-refractivity contribution in [1.82, 2.24) is 4.90 Å². The first-order valence-corrected chi connectivity index (χ1v) is 5.75. The summed E-state index contributed by atoms with van der Waals surface area (Å²) in [5.41, 5.74) is 0. The monoisotopic (exact) mass is 199 g/mol. The van der Waals surface area contributed by atoms with Gasteiger partial charge in [-0.2, -0.15) is 0 Å². The van der Waals surface area contributed by atoms with Gasteiger partial charge in [0, 0.05) is 12.6 Å². The summed E-state index contributed by atoms with van der Waals surface area (Å²) in [6, 6.07) is 0.299. The third-order valence-corrected chi connectivity index (χ3v) is 3.01. The van der Waals surface area contributed by atoms with Crippen molar-refractivity contribution in [3.05, 3.63) is 0 Å². The normalized spacial score (nSPS) is 22.4. The maximum Gasteiger partial charge on any atom is 0.407 e. The highest BCUT2D eigenvalue weighted by Crippen LogP contribution is 2.21. The number of piperidine rings is 1. The number of hydrogen-bond donors (Lipinski definition) is 1. The first-order chi connectivity index (χ1) is 6.75. The van der Waals surface area contributed by atoms with Gasteiger partial charge < -0.3 is 10.0 Å². The number of likely N-dealkylation sites (tertiary alicyclic amines) is 1. The molecule has 1 N–H and O–H groups in total. The number of carbonyl (C=O) groups is 1. The van der Waals surface area contributed by atoms with Crippen molar-refractivity contribution in [3.63, 3.8) is 0 Å². The molecule has 1 saturated heterocycles. The summed E-state index contributed by atoms with van der Waals surface area (Å²) in [6.07, 6.45) is 7.23. The van der Waals surface area contributed by atoms with Gasteiger partial charge in [-0.1, -0.05) is 26.2 Å². The summed E-state index contributed by atoms with van der Waals surface area (Å²) in [5, 5.41) is 8.99. The Morgan fingerprint density at radius 1 is 1.43 bits per heavy atom. The Labute approximate surface area is 86.1 Å². The van der Waals surface area contributed by atoms with Gasteiger partial charge in [0.2, 0.25) is 0 Å². The van der Waals surface area contributed by atoms with E-state index in [-0.39, 0.29) is 0 Å². The fraction of sp³-hybridized carbons (Fsp3) is 0.909. The molecule has 1 atom stereocenters. The number of carboxylic acid groups (broad SMARTS) is 1. The van der Waals surface area contributed by atoms with E-state index in [4.69, 9.17) is 5.11 Å². The van der Waals surface area contributed by atoms with E-state index < -0.39 is 6.09 Å². The van der Waals surface area contributed by atoms with Crippen molar-refractivity contribution < 1.29 is 9.90 Å². The molecule has 1 unspecified atom stereocenters. The predicted octanol–water partition coefficient (Wildman–Crippen LogP) is 3.10. The van der Waals surface area contributed by atoms with Crippen LogP contribution in [0, 0.1) is 0 Å². The van der Waals surface area contributed by atoms with Gasteiger partial charge in [-0.05, 0) is 25.7 Å². The molecule has 1 fully saturated rings. The van der Waals surface area contributed by atoms with Crippen LogP contribution in [0.25, 0.3) is 0 Å². The summed E-state index contributed by atoms with van der Waals surface area (Å²) in [6.45, 7) is 2.92. The van der Waals surface area contributed by atoms with Crippen molar-refractivity contribution in [1.29, 1.82) is 0 Å². The van der Waals surface area contributed by atoms with Gasteiger partial charge in [0.05, 0.1) is 0 Å².